The average Bonchev–Trinajstić information content (AvgIpc) is 3.44. The zero-order valence-corrected chi connectivity index (χ0v) is 29.2. The fraction of sp³-hybridized carbons (Fsp3) is 0.382. The van der Waals surface area contributed by atoms with Gasteiger partial charge >= 0.3 is 6.03 Å². The number of amides is 2. The highest BCUT2D eigenvalue weighted by Gasteiger charge is 2.45. The zero-order valence-electron chi connectivity index (χ0n) is 26.9. The van der Waals surface area contributed by atoms with E-state index in [9.17, 15) is 18.5 Å². The minimum absolute atomic E-state index is 0.0651. The van der Waals surface area contributed by atoms with Gasteiger partial charge < -0.3 is 14.5 Å². The molecule has 0 unspecified atom stereocenters. The number of benzene rings is 3. The minimum Gasteiger partial charge on any atom is -0.493 e. The molecule has 0 radical (unpaired) electrons. The normalized spacial score (nSPS) is 18.5. The van der Waals surface area contributed by atoms with Crippen LogP contribution in [0.15, 0.2) is 65.7 Å². The number of amidine groups is 1. The number of carbonyl (C=O) groups excluding carboxylic acids is 1. The van der Waals surface area contributed by atoms with Gasteiger partial charge in [0.2, 0.25) is 0 Å². The molecule has 0 spiro atoms. The lowest BCUT2D eigenvalue weighted by atomic mass is 9.93. The van der Waals surface area contributed by atoms with Crippen LogP contribution in [-0.4, -0.2) is 100 Å². The Labute approximate surface area is 286 Å². The SMILES string of the molecule is CCOc1cc(N(C)C)c(C#N)cc1C1=N[C@@H](c2ccc(Cl)cc2)[C@@H](c2ccc(Cl)cc2)N1C(=O)N1CCN(CCS(C)(=O)=O)CC1. The van der Waals surface area contributed by atoms with Crippen molar-refractivity contribution in [2.45, 2.75) is 19.0 Å². The second-order valence-electron chi connectivity index (χ2n) is 11.9. The topological polar surface area (TPSA) is 110 Å². The third-order valence-corrected chi connectivity index (χ3v) is 9.79. The van der Waals surface area contributed by atoms with Gasteiger partial charge in [0.15, 0.2) is 0 Å². The van der Waals surface area contributed by atoms with Crippen LogP contribution in [0.3, 0.4) is 0 Å². The van der Waals surface area contributed by atoms with Gasteiger partial charge in [-0.05, 0) is 48.4 Å². The number of hydrogen-bond acceptors (Lipinski definition) is 8. The monoisotopic (exact) mass is 696 g/mol. The van der Waals surface area contributed by atoms with E-state index in [-0.39, 0.29) is 11.8 Å². The van der Waals surface area contributed by atoms with Gasteiger partial charge in [0.05, 0.1) is 35.2 Å². The molecule has 0 aliphatic carbocycles. The molecule has 47 heavy (non-hydrogen) atoms. The van der Waals surface area contributed by atoms with Crippen LogP contribution in [0.1, 0.15) is 41.3 Å². The quantitative estimate of drug-likeness (QED) is 0.284. The van der Waals surface area contributed by atoms with E-state index in [0.717, 1.165) is 11.1 Å². The second-order valence-corrected chi connectivity index (χ2v) is 15.0. The first-order valence-electron chi connectivity index (χ1n) is 15.4. The van der Waals surface area contributed by atoms with E-state index < -0.39 is 21.9 Å². The number of piperazine rings is 1. The van der Waals surface area contributed by atoms with Crippen molar-refractivity contribution in [3.05, 3.63) is 93.0 Å². The van der Waals surface area contributed by atoms with Crippen LogP contribution in [0.5, 0.6) is 5.75 Å². The summed E-state index contributed by atoms with van der Waals surface area (Å²) in [6.07, 6.45) is 1.23. The summed E-state index contributed by atoms with van der Waals surface area (Å²) < 4.78 is 29.7. The molecule has 2 atom stereocenters. The number of hydrogen-bond donors (Lipinski definition) is 0. The van der Waals surface area contributed by atoms with Crippen LogP contribution in [0, 0.1) is 11.3 Å². The Morgan fingerprint density at radius 2 is 1.60 bits per heavy atom. The minimum atomic E-state index is -3.11. The van der Waals surface area contributed by atoms with Crippen LogP contribution < -0.4 is 9.64 Å². The van der Waals surface area contributed by atoms with Gasteiger partial charge in [0, 0.05) is 69.2 Å². The van der Waals surface area contributed by atoms with Gasteiger partial charge in [-0.1, -0.05) is 47.5 Å². The number of urea groups is 1. The molecule has 2 aliphatic heterocycles. The average molecular weight is 698 g/mol. The fourth-order valence-electron chi connectivity index (χ4n) is 5.94. The maximum atomic E-state index is 14.8. The van der Waals surface area contributed by atoms with Gasteiger partial charge in [-0.15, -0.1) is 0 Å². The summed E-state index contributed by atoms with van der Waals surface area (Å²) in [4.78, 5) is 27.4. The molecule has 10 nitrogen and oxygen atoms in total. The summed E-state index contributed by atoms with van der Waals surface area (Å²) in [7, 11) is 0.611. The molecule has 248 valence electrons. The number of rotatable bonds is 9. The van der Waals surface area contributed by atoms with E-state index in [4.69, 9.17) is 32.9 Å². The number of nitrogens with zero attached hydrogens (tertiary/aromatic N) is 6. The third kappa shape index (κ3) is 7.84. The smallest absolute Gasteiger partial charge is 0.326 e. The first-order chi connectivity index (χ1) is 22.4. The summed E-state index contributed by atoms with van der Waals surface area (Å²) in [5.74, 6) is 0.957. The highest BCUT2D eigenvalue weighted by molar-refractivity contribution is 7.90. The Morgan fingerprint density at radius 3 is 2.13 bits per heavy atom. The van der Waals surface area contributed by atoms with Crippen LogP contribution in [0.4, 0.5) is 10.5 Å². The fourth-order valence-corrected chi connectivity index (χ4v) is 6.78. The van der Waals surface area contributed by atoms with Gasteiger partial charge in [0.1, 0.15) is 33.5 Å². The molecule has 3 aromatic rings. The molecule has 0 saturated carbocycles. The second kappa shape index (κ2) is 14.5. The highest BCUT2D eigenvalue weighted by Crippen LogP contribution is 2.46. The lowest BCUT2D eigenvalue weighted by molar-refractivity contribution is 0.122. The number of nitriles is 1. The van der Waals surface area contributed by atoms with E-state index in [0.29, 0.717) is 77.8 Å². The molecule has 0 N–H and O–H groups in total. The number of carbonyl (C=O) groups is 1. The molecule has 1 saturated heterocycles. The predicted molar refractivity (Wildman–Crippen MR) is 187 cm³/mol. The van der Waals surface area contributed by atoms with Crippen LogP contribution in [0.2, 0.25) is 10.0 Å². The molecular weight excluding hydrogens is 659 g/mol. The maximum absolute atomic E-state index is 14.8. The van der Waals surface area contributed by atoms with Gasteiger partial charge in [-0.3, -0.25) is 14.8 Å². The van der Waals surface area contributed by atoms with Crippen molar-refractivity contribution in [3.8, 4) is 11.8 Å². The number of halogens is 2. The number of ether oxygens (including phenoxy) is 1. The highest BCUT2D eigenvalue weighted by atomic mass is 35.5. The molecule has 2 heterocycles. The summed E-state index contributed by atoms with van der Waals surface area (Å²) in [6, 6.07) is 19.3. The third-order valence-electron chi connectivity index (χ3n) is 8.36. The van der Waals surface area contributed by atoms with Gasteiger partial charge in [-0.2, -0.15) is 5.26 Å². The van der Waals surface area contributed by atoms with Crippen molar-refractivity contribution >= 4 is 50.6 Å². The Bertz CT molecular complexity index is 1780. The van der Waals surface area contributed by atoms with Crippen LogP contribution in [-0.2, 0) is 9.84 Å². The Morgan fingerprint density at radius 1 is 1.00 bits per heavy atom. The number of aliphatic imine (C=N–C) groups is 1. The summed E-state index contributed by atoms with van der Waals surface area (Å²) >= 11 is 12.6. The molecular formula is C34H38Cl2N6O4S. The molecule has 5 rings (SSSR count). The van der Waals surface area contributed by atoms with Crippen molar-refractivity contribution in [2.24, 2.45) is 4.99 Å². The van der Waals surface area contributed by atoms with Crippen molar-refractivity contribution in [3.63, 3.8) is 0 Å². The first kappa shape index (κ1) is 34.5. The first-order valence-corrected chi connectivity index (χ1v) is 18.2. The van der Waals surface area contributed by atoms with Crippen LogP contribution in [0.25, 0.3) is 0 Å². The van der Waals surface area contributed by atoms with Crippen LogP contribution >= 0.6 is 23.2 Å². The Balaban J connectivity index is 1.64. The summed E-state index contributed by atoms with van der Waals surface area (Å²) in [5, 5.41) is 11.3. The van der Waals surface area contributed by atoms with Gasteiger partial charge in [-0.25, -0.2) is 13.2 Å². The molecule has 13 heteroatoms. The largest absolute Gasteiger partial charge is 0.493 e. The van der Waals surface area contributed by atoms with E-state index in [1.807, 2.05) is 56.3 Å². The van der Waals surface area contributed by atoms with E-state index in [1.54, 1.807) is 40.1 Å². The number of anilines is 1. The number of sulfone groups is 1. The maximum Gasteiger partial charge on any atom is 0.326 e. The van der Waals surface area contributed by atoms with E-state index in [2.05, 4.69) is 11.0 Å². The predicted octanol–water partition coefficient (Wildman–Crippen LogP) is 5.66. The van der Waals surface area contributed by atoms with Crippen molar-refractivity contribution in [1.82, 2.24) is 14.7 Å². The van der Waals surface area contributed by atoms with E-state index >= 15 is 0 Å². The molecule has 0 aromatic heterocycles. The molecule has 3 aromatic carbocycles. The van der Waals surface area contributed by atoms with E-state index in [1.165, 1.54) is 6.26 Å². The van der Waals surface area contributed by atoms with Gasteiger partial charge in [0.25, 0.3) is 0 Å². The molecule has 0 bridgehead atoms. The van der Waals surface area contributed by atoms with Crippen molar-refractivity contribution < 1.29 is 17.9 Å². The summed E-state index contributed by atoms with van der Waals surface area (Å²) in [6.45, 7) is 4.55. The molecule has 1 fully saturated rings. The lowest BCUT2D eigenvalue weighted by Crippen LogP contribution is -2.54. The molecule has 2 amide bonds. The lowest BCUT2D eigenvalue weighted by Gasteiger charge is -2.39. The van der Waals surface area contributed by atoms with Crippen molar-refractivity contribution in [1.29, 1.82) is 5.26 Å². The molecule has 2 aliphatic rings. The Kier molecular flexibility index (Phi) is 10.7. The standard InChI is InChI=1S/C34H38Cl2N6O4S/c1-5-46-30-21-29(39(2)3)25(22-37)20-28(30)33-38-31(23-6-10-26(35)11-7-23)32(24-8-12-27(36)13-9-24)42(33)34(43)41-16-14-40(15-17-41)18-19-47(4,44)45/h6-13,20-21,31-32H,5,14-19H2,1-4H3/t31-,32+/m0/s1. The summed E-state index contributed by atoms with van der Waals surface area (Å²) in [5.41, 5.74) is 3.32. The Hall–Kier alpha value is -3.82. The van der Waals surface area contributed by atoms with Crippen molar-refractivity contribution in [2.75, 3.05) is 70.3 Å². The zero-order chi connectivity index (χ0) is 33.9.